The van der Waals surface area contributed by atoms with Gasteiger partial charge in [-0.15, -0.1) is 0 Å². The number of benzene rings is 5. The lowest BCUT2D eigenvalue weighted by molar-refractivity contribution is -0.137. The largest absolute Gasteiger partial charge is 0.493 e. The average molecular weight is 614 g/mol. The molecule has 0 saturated carbocycles. The van der Waals surface area contributed by atoms with Crippen LogP contribution in [-0.4, -0.2) is 23.0 Å². The van der Waals surface area contributed by atoms with Gasteiger partial charge < -0.3 is 9.47 Å². The van der Waals surface area contributed by atoms with Crippen molar-refractivity contribution in [2.75, 3.05) is 7.11 Å². The van der Waals surface area contributed by atoms with Crippen LogP contribution in [0.25, 0.3) is 33.1 Å². The summed E-state index contributed by atoms with van der Waals surface area (Å²) in [5.74, 6) is 0.610. The fourth-order valence-electron chi connectivity index (χ4n) is 4.90. The van der Waals surface area contributed by atoms with Crippen molar-refractivity contribution in [2.24, 2.45) is 5.10 Å². The van der Waals surface area contributed by atoms with Crippen molar-refractivity contribution < 1.29 is 22.6 Å². The lowest BCUT2D eigenvalue weighted by atomic mass is 10.1. The summed E-state index contributed by atoms with van der Waals surface area (Å²) in [4.78, 5) is 18.0. The quantitative estimate of drug-likeness (QED) is 0.170. The molecule has 6 aromatic rings. The maximum absolute atomic E-state index is 13.5. The Kier molecular flexibility index (Phi) is 7.80. The Morgan fingerprint density at radius 3 is 2.43 bits per heavy atom. The number of ether oxygens (including phenoxy) is 2. The van der Waals surface area contributed by atoms with Gasteiger partial charge >= 0.3 is 6.18 Å². The number of aromatic nitrogens is 2. The summed E-state index contributed by atoms with van der Waals surface area (Å²) in [6, 6.07) is 28.3. The minimum atomic E-state index is -4.58. The fraction of sp³-hybridized carbons (Fsp3) is 0.0882. The first kappa shape index (κ1) is 28.9. The van der Waals surface area contributed by atoms with Crippen LogP contribution in [0.1, 0.15) is 16.7 Å². The zero-order valence-electron chi connectivity index (χ0n) is 23.2. The number of para-hydroxylation sites is 1. The van der Waals surface area contributed by atoms with E-state index in [0.717, 1.165) is 33.1 Å². The van der Waals surface area contributed by atoms with Gasteiger partial charge in [0.05, 0.1) is 34.8 Å². The Morgan fingerprint density at radius 2 is 1.64 bits per heavy atom. The molecule has 0 saturated heterocycles. The molecule has 5 aromatic carbocycles. The molecule has 10 heteroatoms. The lowest BCUT2D eigenvalue weighted by Crippen LogP contribution is -2.20. The van der Waals surface area contributed by atoms with Crippen LogP contribution in [0.15, 0.2) is 113 Å². The molecule has 0 aliphatic carbocycles. The van der Waals surface area contributed by atoms with E-state index < -0.39 is 17.3 Å². The summed E-state index contributed by atoms with van der Waals surface area (Å²) in [6.45, 7) is 0.239. The third-order valence-electron chi connectivity index (χ3n) is 7.03. The van der Waals surface area contributed by atoms with Crippen LogP contribution in [0, 0.1) is 0 Å². The minimum absolute atomic E-state index is 0.0517. The smallest absolute Gasteiger partial charge is 0.416 e. The number of methoxy groups -OCH3 is 1. The molecule has 1 heterocycles. The maximum Gasteiger partial charge on any atom is 0.416 e. The number of nitrogens with zero attached hydrogens (tertiary/aromatic N) is 3. The van der Waals surface area contributed by atoms with E-state index in [4.69, 9.17) is 21.1 Å². The van der Waals surface area contributed by atoms with Gasteiger partial charge in [0.1, 0.15) is 6.61 Å². The van der Waals surface area contributed by atoms with Crippen LogP contribution >= 0.6 is 11.6 Å². The van der Waals surface area contributed by atoms with Crippen LogP contribution in [0.2, 0.25) is 5.02 Å². The highest BCUT2D eigenvalue weighted by molar-refractivity contribution is 6.32. The van der Waals surface area contributed by atoms with E-state index in [1.165, 1.54) is 25.5 Å². The molecule has 0 fully saturated rings. The molecule has 0 bridgehead atoms. The Morgan fingerprint density at radius 1 is 0.909 bits per heavy atom. The van der Waals surface area contributed by atoms with Crippen molar-refractivity contribution in [3.63, 3.8) is 0 Å². The first-order chi connectivity index (χ1) is 21.2. The van der Waals surface area contributed by atoms with Gasteiger partial charge in [-0.2, -0.15) is 22.9 Å². The Bertz CT molecular complexity index is 2100. The third kappa shape index (κ3) is 5.74. The molecule has 0 aliphatic rings. The summed E-state index contributed by atoms with van der Waals surface area (Å²) >= 11 is 6.62. The molecular formula is C34H23ClF3N3O3. The van der Waals surface area contributed by atoms with Gasteiger partial charge in [-0.1, -0.05) is 78.3 Å². The summed E-state index contributed by atoms with van der Waals surface area (Å²) < 4.78 is 53.1. The summed E-state index contributed by atoms with van der Waals surface area (Å²) in [7, 11) is 1.47. The normalized spacial score (nSPS) is 11.8. The van der Waals surface area contributed by atoms with Crippen molar-refractivity contribution >= 4 is 39.5 Å². The van der Waals surface area contributed by atoms with E-state index in [2.05, 4.69) is 10.1 Å². The molecule has 0 aliphatic heterocycles. The highest BCUT2D eigenvalue weighted by atomic mass is 35.5. The molecule has 0 atom stereocenters. The SMILES string of the molecule is COc1cc(C=Nn2c(-c3cccc(C(F)(F)F)c3)nc3ccccc3c2=O)cc(Cl)c1OCc1cccc2ccccc12. The molecule has 0 unspecified atom stereocenters. The molecule has 44 heavy (non-hydrogen) atoms. The number of halogens is 4. The molecule has 0 radical (unpaired) electrons. The monoisotopic (exact) mass is 613 g/mol. The first-order valence-corrected chi connectivity index (χ1v) is 13.8. The van der Waals surface area contributed by atoms with E-state index in [0.29, 0.717) is 22.6 Å². The second-order valence-electron chi connectivity index (χ2n) is 9.85. The number of rotatable bonds is 7. The lowest BCUT2D eigenvalue weighted by Gasteiger charge is -2.14. The predicted molar refractivity (Wildman–Crippen MR) is 166 cm³/mol. The van der Waals surface area contributed by atoms with E-state index in [9.17, 15) is 18.0 Å². The van der Waals surface area contributed by atoms with E-state index in [1.807, 2.05) is 42.5 Å². The van der Waals surface area contributed by atoms with E-state index in [-0.39, 0.29) is 28.4 Å². The number of alkyl halides is 3. The highest BCUT2D eigenvalue weighted by Crippen LogP contribution is 2.37. The van der Waals surface area contributed by atoms with Crippen molar-refractivity contribution in [1.29, 1.82) is 0 Å². The first-order valence-electron chi connectivity index (χ1n) is 13.4. The second-order valence-corrected chi connectivity index (χ2v) is 10.3. The highest BCUT2D eigenvalue weighted by Gasteiger charge is 2.31. The molecule has 6 nitrogen and oxygen atoms in total. The zero-order chi connectivity index (χ0) is 30.8. The van der Waals surface area contributed by atoms with E-state index in [1.54, 1.807) is 36.4 Å². The number of hydrogen-bond donors (Lipinski definition) is 0. The molecule has 220 valence electrons. The maximum atomic E-state index is 13.5. The molecule has 6 rings (SSSR count). The van der Waals surface area contributed by atoms with Gasteiger partial charge in [-0.25, -0.2) is 4.98 Å². The standard InChI is InChI=1S/C34H23ClF3N3O3/c1-43-30-17-21(16-28(35)31(30)44-20-24-11-6-9-22-8-2-3-13-26(22)24)19-39-41-32(23-10-7-12-25(18-23)34(36,37)38)40-29-15-5-4-14-27(29)33(41)42/h2-19H,20H2,1H3. The minimum Gasteiger partial charge on any atom is -0.493 e. The van der Waals surface area contributed by atoms with Gasteiger partial charge in [-0.05, 0) is 58.3 Å². The Labute approximate surface area is 254 Å². The van der Waals surface area contributed by atoms with Gasteiger partial charge in [0.2, 0.25) is 0 Å². The molecule has 0 amide bonds. The second kappa shape index (κ2) is 11.9. The predicted octanol–water partition coefficient (Wildman–Crippen LogP) is 8.36. The summed E-state index contributed by atoms with van der Waals surface area (Å²) in [6.07, 6.45) is -3.22. The van der Waals surface area contributed by atoms with Crippen molar-refractivity contribution in [2.45, 2.75) is 12.8 Å². The van der Waals surface area contributed by atoms with Crippen LogP contribution in [0.4, 0.5) is 13.2 Å². The molecular weight excluding hydrogens is 591 g/mol. The molecule has 1 aromatic heterocycles. The zero-order valence-corrected chi connectivity index (χ0v) is 23.9. The van der Waals surface area contributed by atoms with Crippen LogP contribution in [0.3, 0.4) is 0 Å². The van der Waals surface area contributed by atoms with Crippen LogP contribution in [-0.2, 0) is 12.8 Å². The average Bonchev–Trinajstić information content (AvgIpc) is 3.03. The number of hydrogen-bond acceptors (Lipinski definition) is 5. The van der Waals surface area contributed by atoms with Gasteiger partial charge in [0.25, 0.3) is 5.56 Å². The topological polar surface area (TPSA) is 65.7 Å². The van der Waals surface area contributed by atoms with Gasteiger partial charge in [0.15, 0.2) is 17.3 Å². The van der Waals surface area contributed by atoms with Gasteiger partial charge in [-0.3, -0.25) is 4.79 Å². The summed E-state index contributed by atoms with van der Waals surface area (Å²) in [5.41, 5.74) is 0.411. The molecule has 0 spiro atoms. The molecule has 0 N–H and O–H groups in total. The van der Waals surface area contributed by atoms with Gasteiger partial charge in [0, 0.05) is 5.56 Å². The van der Waals surface area contributed by atoms with E-state index >= 15 is 0 Å². The third-order valence-corrected chi connectivity index (χ3v) is 7.31. The Balaban J connectivity index is 1.37. The van der Waals surface area contributed by atoms with Crippen LogP contribution < -0.4 is 15.0 Å². The van der Waals surface area contributed by atoms with Crippen LogP contribution in [0.5, 0.6) is 11.5 Å². The van der Waals surface area contributed by atoms with Crippen molar-refractivity contribution in [3.8, 4) is 22.9 Å². The van der Waals surface area contributed by atoms with Crippen molar-refractivity contribution in [3.05, 3.63) is 135 Å². The number of fused-ring (bicyclic) bond motifs is 2. The summed E-state index contributed by atoms with van der Waals surface area (Å²) in [5, 5.41) is 6.99. The fourth-order valence-corrected chi connectivity index (χ4v) is 5.17. The van der Waals surface area contributed by atoms with Crippen molar-refractivity contribution in [1.82, 2.24) is 9.66 Å². The Hall–Kier alpha value is -5.15.